The molecule has 1 aliphatic heterocycles. The van der Waals surface area contributed by atoms with Crippen molar-refractivity contribution in [2.24, 2.45) is 0 Å². The number of nitrogens with one attached hydrogen (secondary N) is 2. The van der Waals surface area contributed by atoms with Gasteiger partial charge in [-0.2, -0.15) is 0 Å². The first-order chi connectivity index (χ1) is 10.4. The van der Waals surface area contributed by atoms with E-state index in [1.54, 1.807) is 4.90 Å². The molecule has 0 aliphatic carbocycles. The second kappa shape index (κ2) is 7.17. The molecule has 1 aromatic rings. The molecule has 22 heavy (non-hydrogen) atoms. The Morgan fingerprint density at radius 1 is 1.45 bits per heavy atom. The first-order valence-corrected chi connectivity index (χ1v) is 8.64. The van der Waals surface area contributed by atoms with E-state index in [0.717, 1.165) is 12.6 Å². The van der Waals surface area contributed by atoms with Gasteiger partial charge < -0.3 is 10.2 Å². The van der Waals surface area contributed by atoms with E-state index < -0.39 is 20.7 Å². The molecule has 1 unspecified atom stereocenters. The number of rotatable bonds is 5. The van der Waals surface area contributed by atoms with Crippen LogP contribution in [0.5, 0.6) is 0 Å². The van der Waals surface area contributed by atoms with Crippen LogP contribution in [0.15, 0.2) is 29.2 Å². The number of nitrogens with zero attached hydrogens (tertiary/aromatic N) is 1. The molecule has 1 saturated heterocycles. The summed E-state index contributed by atoms with van der Waals surface area (Å²) < 4.78 is 39.7. The van der Waals surface area contributed by atoms with E-state index >= 15 is 0 Å². The second-order valence-corrected chi connectivity index (χ2v) is 7.01. The van der Waals surface area contributed by atoms with Crippen molar-refractivity contribution in [3.63, 3.8) is 0 Å². The second-order valence-electron chi connectivity index (χ2n) is 5.27. The molecule has 0 radical (unpaired) electrons. The highest BCUT2D eigenvalue weighted by Gasteiger charge is 2.22. The van der Waals surface area contributed by atoms with Crippen LogP contribution in [0.25, 0.3) is 0 Å². The number of carbonyl (C=O) groups excluding carboxylic acids is 1. The summed E-state index contributed by atoms with van der Waals surface area (Å²) in [4.78, 5) is 13.3. The zero-order valence-corrected chi connectivity index (χ0v) is 13.2. The van der Waals surface area contributed by atoms with E-state index in [9.17, 15) is 17.6 Å². The summed E-state index contributed by atoms with van der Waals surface area (Å²) in [6, 6.07) is 5.38. The monoisotopic (exact) mass is 329 g/mol. The van der Waals surface area contributed by atoms with Gasteiger partial charge in [0.2, 0.25) is 15.9 Å². The maximum absolute atomic E-state index is 13.5. The van der Waals surface area contributed by atoms with Gasteiger partial charge in [-0.05, 0) is 19.1 Å². The van der Waals surface area contributed by atoms with Crippen molar-refractivity contribution >= 4 is 15.9 Å². The predicted octanol–water partition coefficient (Wildman–Crippen LogP) is 0.314. The Bertz CT molecular complexity index is 636. The Hall–Kier alpha value is -1.51. The largest absolute Gasteiger partial charge is 0.340 e. The fourth-order valence-corrected chi connectivity index (χ4v) is 3.46. The zero-order valence-electron chi connectivity index (χ0n) is 12.4. The lowest BCUT2D eigenvalue weighted by molar-refractivity contribution is -0.132. The lowest BCUT2D eigenvalue weighted by atomic mass is 10.2. The number of carbonyl (C=O) groups is 1. The first-order valence-electron chi connectivity index (χ1n) is 7.15. The Labute approximate surface area is 129 Å². The van der Waals surface area contributed by atoms with Crippen LogP contribution in [0.2, 0.25) is 0 Å². The van der Waals surface area contributed by atoms with Crippen LogP contribution < -0.4 is 10.0 Å². The molecule has 0 saturated carbocycles. The molecule has 0 spiro atoms. The SMILES string of the molecule is CC1CN(C(=O)CCNS(=O)(=O)c2ccccc2F)CCN1. The van der Waals surface area contributed by atoms with Gasteiger partial charge in [0, 0.05) is 38.6 Å². The van der Waals surface area contributed by atoms with E-state index in [-0.39, 0.29) is 24.9 Å². The van der Waals surface area contributed by atoms with E-state index in [1.807, 2.05) is 6.92 Å². The number of piperazine rings is 1. The fraction of sp³-hybridized carbons (Fsp3) is 0.500. The molecule has 2 rings (SSSR count). The maximum Gasteiger partial charge on any atom is 0.243 e. The Kier molecular flexibility index (Phi) is 5.49. The molecule has 122 valence electrons. The predicted molar refractivity (Wildman–Crippen MR) is 80.3 cm³/mol. The van der Waals surface area contributed by atoms with Crippen LogP contribution in [0.3, 0.4) is 0 Å². The Morgan fingerprint density at radius 2 is 2.18 bits per heavy atom. The van der Waals surface area contributed by atoms with Crippen LogP contribution in [0, 0.1) is 5.82 Å². The average molecular weight is 329 g/mol. The molecule has 1 fully saturated rings. The third-order valence-electron chi connectivity index (χ3n) is 3.48. The van der Waals surface area contributed by atoms with E-state index in [1.165, 1.54) is 18.2 Å². The number of benzene rings is 1. The zero-order chi connectivity index (χ0) is 16.2. The van der Waals surface area contributed by atoms with Gasteiger partial charge in [-0.3, -0.25) is 4.79 Å². The quantitative estimate of drug-likeness (QED) is 0.815. The topological polar surface area (TPSA) is 78.5 Å². The number of hydrogen-bond donors (Lipinski definition) is 2. The number of amides is 1. The van der Waals surface area contributed by atoms with Crippen molar-refractivity contribution < 1.29 is 17.6 Å². The smallest absolute Gasteiger partial charge is 0.243 e. The minimum absolute atomic E-state index is 0.0478. The summed E-state index contributed by atoms with van der Waals surface area (Å²) in [5.41, 5.74) is 0. The third kappa shape index (κ3) is 4.25. The van der Waals surface area contributed by atoms with Gasteiger partial charge >= 0.3 is 0 Å². The van der Waals surface area contributed by atoms with Crippen molar-refractivity contribution in [3.8, 4) is 0 Å². The van der Waals surface area contributed by atoms with Crippen molar-refractivity contribution in [2.45, 2.75) is 24.3 Å². The van der Waals surface area contributed by atoms with Gasteiger partial charge in [0.05, 0.1) is 0 Å². The number of halogens is 1. The highest BCUT2D eigenvalue weighted by molar-refractivity contribution is 7.89. The van der Waals surface area contributed by atoms with Crippen molar-refractivity contribution in [1.82, 2.24) is 14.9 Å². The summed E-state index contributed by atoms with van der Waals surface area (Å²) >= 11 is 0. The molecule has 6 nitrogen and oxygen atoms in total. The Balaban J connectivity index is 1.88. The maximum atomic E-state index is 13.5. The average Bonchev–Trinajstić information content (AvgIpc) is 2.47. The van der Waals surface area contributed by atoms with E-state index in [0.29, 0.717) is 13.1 Å². The van der Waals surface area contributed by atoms with Gasteiger partial charge in [-0.15, -0.1) is 0 Å². The van der Waals surface area contributed by atoms with Gasteiger partial charge in [-0.25, -0.2) is 17.5 Å². The molecule has 2 N–H and O–H groups in total. The molecule has 0 aromatic heterocycles. The Morgan fingerprint density at radius 3 is 2.86 bits per heavy atom. The third-order valence-corrected chi connectivity index (χ3v) is 4.97. The number of sulfonamides is 1. The molecule has 1 aromatic carbocycles. The summed E-state index contributed by atoms with van der Waals surface area (Å²) in [6.45, 7) is 3.89. The van der Waals surface area contributed by atoms with Crippen LogP contribution in [0.1, 0.15) is 13.3 Å². The highest BCUT2D eigenvalue weighted by Crippen LogP contribution is 2.13. The lowest BCUT2D eigenvalue weighted by Crippen LogP contribution is -2.51. The number of hydrogen-bond acceptors (Lipinski definition) is 4. The molecule has 1 heterocycles. The molecule has 1 amide bonds. The highest BCUT2D eigenvalue weighted by atomic mass is 32.2. The van der Waals surface area contributed by atoms with E-state index in [4.69, 9.17) is 0 Å². The van der Waals surface area contributed by atoms with Crippen LogP contribution in [-0.4, -0.2) is 51.4 Å². The van der Waals surface area contributed by atoms with Gasteiger partial charge in [-0.1, -0.05) is 12.1 Å². The fourth-order valence-electron chi connectivity index (χ4n) is 2.35. The van der Waals surface area contributed by atoms with Gasteiger partial charge in [0.1, 0.15) is 10.7 Å². The molecular formula is C14H20FN3O3S. The van der Waals surface area contributed by atoms with Gasteiger partial charge in [0.15, 0.2) is 0 Å². The molecule has 0 bridgehead atoms. The van der Waals surface area contributed by atoms with Crippen molar-refractivity contribution in [1.29, 1.82) is 0 Å². The standard InChI is InChI=1S/C14H20FN3O3S/c1-11-10-18(9-8-16-11)14(19)6-7-17-22(20,21)13-5-3-2-4-12(13)15/h2-5,11,16-17H,6-10H2,1H3. The molecular weight excluding hydrogens is 309 g/mol. The summed E-state index contributed by atoms with van der Waals surface area (Å²) in [5, 5.41) is 3.23. The summed E-state index contributed by atoms with van der Waals surface area (Å²) in [5.74, 6) is -0.915. The van der Waals surface area contributed by atoms with Gasteiger partial charge in [0.25, 0.3) is 0 Å². The molecule has 1 aliphatic rings. The minimum Gasteiger partial charge on any atom is -0.340 e. The van der Waals surface area contributed by atoms with Crippen molar-refractivity contribution in [3.05, 3.63) is 30.1 Å². The molecule has 8 heteroatoms. The minimum atomic E-state index is -3.94. The lowest BCUT2D eigenvalue weighted by Gasteiger charge is -2.32. The van der Waals surface area contributed by atoms with Crippen molar-refractivity contribution in [2.75, 3.05) is 26.2 Å². The summed E-state index contributed by atoms with van der Waals surface area (Å²) in [6.07, 6.45) is 0.0560. The van der Waals surface area contributed by atoms with Crippen LogP contribution in [0.4, 0.5) is 4.39 Å². The van der Waals surface area contributed by atoms with E-state index in [2.05, 4.69) is 10.0 Å². The van der Waals surface area contributed by atoms with Crippen LogP contribution >= 0.6 is 0 Å². The first kappa shape index (κ1) is 16.9. The normalized spacial score (nSPS) is 19.2. The summed E-state index contributed by atoms with van der Waals surface area (Å²) in [7, 11) is -3.94. The molecule has 1 atom stereocenters. The van der Waals surface area contributed by atoms with Crippen LogP contribution in [-0.2, 0) is 14.8 Å².